The summed E-state index contributed by atoms with van der Waals surface area (Å²) >= 11 is 0. The minimum absolute atomic E-state index is 0.178. The topological polar surface area (TPSA) is 89.6 Å². The van der Waals surface area contributed by atoms with Crippen LogP contribution in [0.15, 0.2) is 0 Å². The van der Waals surface area contributed by atoms with E-state index in [0.717, 1.165) is 0 Å². The molecule has 0 aliphatic heterocycles. The van der Waals surface area contributed by atoms with Crippen LogP contribution < -0.4 is 5.73 Å². The molecule has 3 N–H and O–H groups in total. The molecule has 0 spiro atoms. The van der Waals surface area contributed by atoms with E-state index in [-0.39, 0.29) is 12.6 Å². The van der Waals surface area contributed by atoms with E-state index in [9.17, 15) is 9.36 Å². The van der Waals surface area contributed by atoms with E-state index in [1.165, 1.54) is 13.8 Å². The molecule has 0 aromatic rings. The Hall–Kier alpha value is -0.380. The Morgan fingerprint density at radius 2 is 2.25 bits per heavy atom. The molecule has 0 radical (unpaired) electrons. The second kappa shape index (κ2) is 4.60. The van der Waals surface area contributed by atoms with Gasteiger partial charge in [-0.15, -0.1) is 0 Å². The molecule has 6 heteroatoms. The number of aliphatic carboxylic acids is 1. The molecule has 2 atom stereocenters. The third-order valence-corrected chi connectivity index (χ3v) is 3.39. The zero-order valence-electron chi connectivity index (χ0n) is 7.19. The first-order valence-corrected chi connectivity index (χ1v) is 5.75. The van der Waals surface area contributed by atoms with E-state index < -0.39 is 19.4 Å². The average Bonchev–Trinajstić information content (AvgIpc) is 2.00. The Labute approximate surface area is 71.3 Å². The molecule has 0 amide bonds. The van der Waals surface area contributed by atoms with E-state index in [4.69, 9.17) is 10.8 Å². The van der Waals surface area contributed by atoms with Gasteiger partial charge in [-0.05, 0) is 6.42 Å². The van der Waals surface area contributed by atoms with Crippen molar-refractivity contribution in [2.75, 3.05) is 19.9 Å². The smallest absolute Gasteiger partial charge is 0.320 e. The first-order valence-electron chi connectivity index (χ1n) is 3.49. The molecule has 0 saturated carbocycles. The van der Waals surface area contributed by atoms with Crippen LogP contribution >= 0.6 is 7.37 Å². The minimum Gasteiger partial charge on any atom is -0.480 e. The van der Waals surface area contributed by atoms with Gasteiger partial charge >= 0.3 is 5.97 Å². The predicted molar refractivity (Wildman–Crippen MR) is 45.6 cm³/mol. The van der Waals surface area contributed by atoms with Crippen molar-refractivity contribution in [2.45, 2.75) is 12.5 Å². The van der Waals surface area contributed by atoms with Crippen molar-refractivity contribution < 1.29 is 19.0 Å². The maximum absolute atomic E-state index is 11.2. The summed E-state index contributed by atoms with van der Waals surface area (Å²) in [6.07, 6.45) is 0.383. The molecule has 0 aromatic carbocycles. The SMILES string of the molecule is COP(C)(=O)CCC(N)C(=O)O. The predicted octanol–water partition coefficient (Wildman–Crippen LogP) is 0.343. The van der Waals surface area contributed by atoms with E-state index in [1.54, 1.807) is 0 Å². The van der Waals surface area contributed by atoms with Crippen LogP contribution in [0.5, 0.6) is 0 Å². The zero-order valence-corrected chi connectivity index (χ0v) is 8.08. The highest BCUT2D eigenvalue weighted by Gasteiger charge is 2.18. The Morgan fingerprint density at radius 3 is 2.58 bits per heavy atom. The standard InChI is InChI=1S/C6H14NO4P/c1-11-12(2,10)4-3-5(7)6(8)9/h5H,3-4,7H2,1-2H3,(H,8,9). The molecule has 0 saturated heterocycles. The first-order chi connectivity index (χ1) is 5.39. The molecule has 2 unspecified atom stereocenters. The van der Waals surface area contributed by atoms with Gasteiger partial charge < -0.3 is 15.4 Å². The van der Waals surface area contributed by atoms with Gasteiger partial charge in [-0.3, -0.25) is 9.36 Å². The molecule has 0 aromatic heterocycles. The lowest BCUT2D eigenvalue weighted by atomic mass is 10.2. The lowest BCUT2D eigenvalue weighted by molar-refractivity contribution is -0.138. The van der Waals surface area contributed by atoms with Gasteiger partial charge in [0.25, 0.3) is 0 Å². The van der Waals surface area contributed by atoms with Gasteiger partial charge in [0.05, 0.1) is 0 Å². The Balaban J connectivity index is 3.83. The highest BCUT2D eigenvalue weighted by molar-refractivity contribution is 7.58. The van der Waals surface area contributed by atoms with Gasteiger partial charge in [0.1, 0.15) is 6.04 Å². The van der Waals surface area contributed by atoms with Crippen LogP contribution in [0.25, 0.3) is 0 Å². The van der Waals surface area contributed by atoms with E-state index in [0.29, 0.717) is 0 Å². The van der Waals surface area contributed by atoms with Crippen LogP contribution in [0, 0.1) is 0 Å². The molecule has 0 aliphatic carbocycles. The first kappa shape index (κ1) is 11.6. The Kier molecular flexibility index (Phi) is 4.45. The molecular weight excluding hydrogens is 181 g/mol. The van der Waals surface area contributed by atoms with Crippen molar-refractivity contribution >= 4 is 13.3 Å². The minimum atomic E-state index is -2.61. The maximum atomic E-state index is 11.2. The zero-order chi connectivity index (χ0) is 9.78. The van der Waals surface area contributed by atoms with Gasteiger partial charge in [-0.2, -0.15) is 0 Å². The fourth-order valence-electron chi connectivity index (χ4n) is 0.588. The fourth-order valence-corrected chi connectivity index (χ4v) is 1.52. The van der Waals surface area contributed by atoms with E-state index >= 15 is 0 Å². The summed E-state index contributed by atoms with van der Waals surface area (Å²) < 4.78 is 15.9. The lowest BCUT2D eigenvalue weighted by Crippen LogP contribution is -2.30. The highest BCUT2D eigenvalue weighted by Crippen LogP contribution is 2.41. The number of carboxylic acids is 1. The van der Waals surface area contributed by atoms with E-state index in [2.05, 4.69) is 4.52 Å². The second-order valence-electron chi connectivity index (χ2n) is 2.65. The summed E-state index contributed by atoms with van der Waals surface area (Å²) in [5, 5.41) is 8.40. The van der Waals surface area contributed by atoms with Crippen LogP contribution in [0.2, 0.25) is 0 Å². The fraction of sp³-hybridized carbons (Fsp3) is 0.833. The van der Waals surface area contributed by atoms with Crippen LogP contribution in [0.1, 0.15) is 6.42 Å². The molecule has 0 fully saturated rings. The Morgan fingerprint density at radius 1 is 1.75 bits per heavy atom. The lowest BCUT2D eigenvalue weighted by Gasteiger charge is -2.11. The van der Waals surface area contributed by atoms with Crippen molar-refractivity contribution in [3.8, 4) is 0 Å². The number of hydrogen-bond donors (Lipinski definition) is 2. The molecule has 0 bridgehead atoms. The number of hydrogen-bond acceptors (Lipinski definition) is 4. The normalized spacial score (nSPS) is 18.2. The maximum Gasteiger partial charge on any atom is 0.320 e. The van der Waals surface area contributed by atoms with Crippen LogP contribution in [0.3, 0.4) is 0 Å². The average molecular weight is 195 g/mol. The van der Waals surface area contributed by atoms with Gasteiger partial charge in [-0.25, -0.2) is 0 Å². The molecule has 72 valence electrons. The number of carbonyl (C=O) groups is 1. The number of nitrogens with two attached hydrogens (primary N) is 1. The third kappa shape index (κ3) is 4.49. The summed E-state index contributed by atoms with van der Waals surface area (Å²) in [5.74, 6) is -1.08. The molecule has 5 nitrogen and oxygen atoms in total. The summed E-state index contributed by atoms with van der Waals surface area (Å²) in [5.41, 5.74) is 5.20. The van der Waals surface area contributed by atoms with Gasteiger partial charge in [0, 0.05) is 19.9 Å². The third-order valence-electron chi connectivity index (χ3n) is 1.55. The van der Waals surface area contributed by atoms with Crippen molar-refractivity contribution in [3.05, 3.63) is 0 Å². The molecule has 12 heavy (non-hydrogen) atoms. The summed E-state index contributed by atoms with van der Waals surface area (Å²) in [4.78, 5) is 10.2. The summed E-state index contributed by atoms with van der Waals surface area (Å²) in [6.45, 7) is 1.46. The van der Waals surface area contributed by atoms with Crippen LogP contribution in [0.4, 0.5) is 0 Å². The van der Waals surface area contributed by atoms with Crippen LogP contribution in [-0.4, -0.2) is 37.1 Å². The van der Waals surface area contributed by atoms with Crippen molar-refractivity contribution in [1.82, 2.24) is 0 Å². The monoisotopic (exact) mass is 195 g/mol. The van der Waals surface area contributed by atoms with Crippen molar-refractivity contribution in [3.63, 3.8) is 0 Å². The van der Waals surface area contributed by atoms with E-state index in [1.807, 2.05) is 0 Å². The van der Waals surface area contributed by atoms with Gasteiger partial charge in [0.15, 0.2) is 7.37 Å². The molecule has 0 aliphatic rings. The van der Waals surface area contributed by atoms with Crippen molar-refractivity contribution in [1.29, 1.82) is 0 Å². The molecular formula is C6H14NO4P. The summed E-state index contributed by atoms with van der Waals surface area (Å²) in [6, 6.07) is -0.951. The van der Waals surface area contributed by atoms with Crippen LogP contribution in [-0.2, 0) is 13.9 Å². The van der Waals surface area contributed by atoms with Crippen molar-refractivity contribution in [2.24, 2.45) is 5.73 Å². The highest BCUT2D eigenvalue weighted by atomic mass is 31.2. The molecule has 0 rings (SSSR count). The quantitative estimate of drug-likeness (QED) is 0.617. The number of rotatable bonds is 5. The molecule has 0 heterocycles. The largest absolute Gasteiger partial charge is 0.480 e. The summed E-state index contributed by atoms with van der Waals surface area (Å²) in [7, 11) is -1.27. The second-order valence-corrected chi connectivity index (χ2v) is 5.49. The van der Waals surface area contributed by atoms with Gasteiger partial charge in [0.2, 0.25) is 0 Å². The van der Waals surface area contributed by atoms with Gasteiger partial charge in [-0.1, -0.05) is 0 Å². The number of carboxylic acid groups (broad SMARTS) is 1. The Bertz CT molecular complexity index is 206.